The number of carbonyl (C=O) groups excluding carboxylic acids is 1. The van der Waals surface area contributed by atoms with E-state index in [-0.39, 0.29) is 6.03 Å². The van der Waals surface area contributed by atoms with Crippen molar-refractivity contribution in [3.63, 3.8) is 0 Å². The molecule has 3 heteroatoms. The quantitative estimate of drug-likeness (QED) is 0.803. The van der Waals surface area contributed by atoms with Crippen LogP contribution in [0.4, 0.5) is 4.79 Å². The normalized spacial score (nSPS) is 22.6. The van der Waals surface area contributed by atoms with Gasteiger partial charge in [0.1, 0.15) is 0 Å². The first-order valence-corrected chi connectivity index (χ1v) is 7.04. The average molecular weight is 240 g/mol. The van der Waals surface area contributed by atoms with Gasteiger partial charge in [0.2, 0.25) is 0 Å². The van der Waals surface area contributed by atoms with E-state index in [9.17, 15) is 4.79 Å². The third-order valence-corrected chi connectivity index (χ3v) is 3.49. The summed E-state index contributed by atoms with van der Waals surface area (Å²) in [7, 11) is 0. The van der Waals surface area contributed by atoms with E-state index >= 15 is 0 Å². The lowest BCUT2D eigenvalue weighted by Gasteiger charge is -2.32. The van der Waals surface area contributed by atoms with Crippen molar-refractivity contribution < 1.29 is 4.79 Å². The molecule has 1 N–H and O–H groups in total. The van der Waals surface area contributed by atoms with Crippen LogP contribution in [0.15, 0.2) is 0 Å². The Kier molecular flexibility index (Phi) is 5.79. The molecule has 0 aliphatic carbocycles. The Balaban J connectivity index is 2.27. The number of carbonyl (C=O) groups is 1. The van der Waals surface area contributed by atoms with Crippen LogP contribution in [0.5, 0.6) is 0 Å². The van der Waals surface area contributed by atoms with Crippen LogP contribution >= 0.6 is 0 Å². The van der Waals surface area contributed by atoms with Gasteiger partial charge in [-0.15, -0.1) is 0 Å². The summed E-state index contributed by atoms with van der Waals surface area (Å²) in [6, 6.07) is 0.426. The van der Waals surface area contributed by atoms with Crippen LogP contribution in [0.2, 0.25) is 0 Å². The summed E-state index contributed by atoms with van der Waals surface area (Å²) in [5.74, 6) is 1.37. The van der Waals surface area contributed by atoms with Gasteiger partial charge in [0, 0.05) is 19.1 Å². The number of urea groups is 1. The zero-order valence-corrected chi connectivity index (χ0v) is 11.8. The molecule has 0 radical (unpaired) electrons. The van der Waals surface area contributed by atoms with E-state index in [1.54, 1.807) is 0 Å². The Hall–Kier alpha value is -0.730. The maximum absolute atomic E-state index is 12.0. The molecule has 1 rings (SSSR count). The predicted octanol–water partition coefficient (Wildman–Crippen LogP) is 3.25. The van der Waals surface area contributed by atoms with Crippen molar-refractivity contribution in [2.24, 2.45) is 11.8 Å². The van der Waals surface area contributed by atoms with E-state index in [0.717, 1.165) is 25.9 Å². The first-order valence-electron chi connectivity index (χ1n) is 7.04. The fourth-order valence-corrected chi connectivity index (χ4v) is 2.33. The number of hydrogen-bond acceptors (Lipinski definition) is 1. The van der Waals surface area contributed by atoms with E-state index in [1.165, 1.54) is 12.8 Å². The van der Waals surface area contributed by atoms with E-state index in [0.29, 0.717) is 17.9 Å². The Morgan fingerprint density at radius 1 is 1.35 bits per heavy atom. The zero-order valence-electron chi connectivity index (χ0n) is 11.8. The second-order valence-electron chi connectivity index (χ2n) is 6.02. The molecule has 100 valence electrons. The van der Waals surface area contributed by atoms with Gasteiger partial charge in [-0.3, -0.25) is 0 Å². The second-order valence-corrected chi connectivity index (χ2v) is 6.02. The van der Waals surface area contributed by atoms with E-state index in [4.69, 9.17) is 0 Å². The molecular weight excluding hydrogens is 212 g/mol. The van der Waals surface area contributed by atoms with Gasteiger partial charge in [-0.05, 0) is 44.4 Å². The molecule has 2 amide bonds. The van der Waals surface area contributed by atoms with Crippen molar-refractivity contribution in [2.75, 3.05) is 13.1 Å². The third kappa shape index (κ3) is 5.42. The molecule has 2 unspecified atom stereocenters. The Labute approximate surface area is 106 Å². The van der Waals surface area contributed by atoms with Gasteiger partial charge in [-0.1, -0.05) is 20.8 Å². The number of rotatable bonds is 4. The van der Waals surface area contributed by atoms with Crippen LogP contribution in [0.3, 0.4) is 0 Å². The standard InChI is InChI=1S/C14H28N2O/c1-11(2)7-8-13(4)15-14(17)16-9-5-6-12(3)10-16/h11-13H,5-10H2,1-4H3,(H,15,17). The van der Waals surface area contributed by atoms with Crippen molar-refractivity contribution in [2.45, 2.75) is 59.4 Å². The van der Waals surface area contributed by atoms with Crippen molar-refractivity contribution in [3.8, 4) is 0 Å². The predicted molar refractivity (Wildman–Crippen MR) is 72.0 cm³/mol. The summed E-state index contributed by atoms with van der Waals surface area (Å²) in [4.78, 5) is 14.0. The van der Waals surface area contributed by atoms with Gasteiger partial charge < -0.3 is 10.2 Å². The molecule has 0 aromatic rings. The van der Waals surface area contributed by atoms with Gasteiger partial charge in [0.25, 0.3) is 0 Å². The van der Waals surface area contributed by atoms with Gasteiger partial charge in [-0.2, -0.15) is 0 Å². The molecule has 1 heterocycles. The highest BCUT2D eigenvalue weighted by molar-refractivity contribution is 5.74. The number of nitrogens with zero attached hydrogens (tertiary/aromatic N) is 1. The molecule has 1 fully saturated rings. The molecule has 1 aliphatic heterocycles. The summed E-state index contributed by atoms with van der Waals surface area (Å²) in [6.07, 6.45) is 4.66. The topological polar surface area (TPSA) is 32.3 Å². The minimum Gasteiger partial charge on any atom is -0.336 e. The Morgan fingerprint density at radius 2 is 2.06 bits per heavy atom. The van der Waals surface area contributed by atoms with Gasteiger partial charge >= 0.3 is 6.03 Å². The molecule has 0 aromatic carbocycles. The molecule has 17 heavy (non-hydrogen) atoms. The highest BCUT2D eigenvalue weighted by Crippen LogP contribution is 2.15. The van der Waals surface area contributed by atoms with Gasteiger partial charge in [-0.25, -0.2) is 4.79 Å². The van der Waals surface area contributed by atoms with Crippen molar-refractivity contribution >= 4 is 6.03 Å². The van der Waals surface area contributed by atoms with Crippen LogP contribution in [0.25, 0.3) is 0 Å². The SMILES string of the molecule is CC(C)CCC(C)NC(=O)N1CCCC(C)C1. The summed E-state index contributed by atoms with van der Waals surface area (Å²) >= 11 is 0. The third-order valence-electron chi connectivity index (χ3n) is 3.49. The van der Waals surface area contributed by atoms with Crippen LogP contribution in [0.1, 0.15) is 53.4 Å². The maximum Gasteiger partial charge on any atom is 0.317 e. The summed E-state index contributed by atoms with van der Waals surface area (Å²) < 4.78 is 0. The summed E-state index contributed by atoms with van der Waals surface area (Å²) in [5, 5.41) is 3.11. The van der Waals surface area contributed by atoms with E-state index in [1.807, 2.05) is 4.90 Å². The summed E-state index contributed by atoms with van der Waals surface area (Å²) in [6.45, 7) is 10.6. The molecule has 3 nitrogen and oxygen atoms in total. The molecule has 0 spiro atoms. The molecule has 0 saturated carbocycles. The van der Waals surface area contributed by atoms with Crippen molar-refractivity contribution in [1.29, 1.82) is 0 Å². The number of hydrogen-bond donors (Lipinski definition) is 1. The first kappa shape index (κ1) is 14.3. The minimum atomic E-state index is 0.132. The molecule has 1 aliphatic rings. The van der Waals surface area contributed by atoms with Crippen LogP contribution in [-0.4, -0.2) is 30.1 Å². The van der Waals surface area contributed by atoms with Crippen molar-refractivity contribution in [1.82, 2.24) is 10.2 Å². The van der Waals surface area contributed by atoms with Gasteiger partial charge in [0.15, 0.2) is 0 Å². The number of likely N-dealkylation sites (tertiary alicyclic amines) is 1. The molecule has 0 aromatic heterocycles. The maximum atomic E-state index is 12.0. The lowest BCUT2D eigenvalue weighted by atomic mass is 10.0. The lowest BCUT2D eigenvalue weighted by molar-refractivity contribution is 0.166. The Morgan fingerprint density at radius 3 is 2.65 bits per heavy atom. The van der Waals surface area contributed by atoms with Crippen LogP contribution in [0, 0.1) is 11.8 Å². The fourth-order valence-electron chi connectivity index (χ4n) is 2.33. The average Bonchev–Trinajstić information content (AvgIpc) is 2.26. The smallest absolute Gasteiger partial charge is 0.317 e. The lowest BCUT2D eigenvalue weighted by Crippen LogP contribution is -2.47. The van der Waals surface area contributed by atoms with E-state index < -0.39 is 0 Å². The number of piperidine rings is 1. The molecule has 1 saturated heterocycles. The largest absolute Gasteiger partial charge is 0.336 e. The van der Waals surface area contributed by atoms with Crippen molar-refractivity contribution in [3.05, 3.63) is 0 Å². The first-order chi connectivity index (χ1) is 7.99. The monoisotopic (exact) mass is 240 g/mol. The molecule has 0 bridgehead atoms. The van der Waals surface area contributed by atoms with Crippen LogP contribution < -0.4 is 5.32 Å². The molecule has 2 atom stereocenters. The highest BCUT2D eigenvalue weighted by atomic mass is 16.2. The zero-order chi connectivity index (χ0) is 12.8. The Bertz CT molecular complexity index is 240. The van der Waals surface area contributed by atoms with Gasteiger partial charge in [0.05, 0.1) is 0 Å². The summed E-state index contributed by atoms with van der Waals surface area (Å²) in [5.41, 5.74) is 0. The number of amides is 2. The van der Waals surface area contributed by atoms with E-state index in [2.05, 4.69) is 33.0 Å². The van der Waals surface area contributed by atoms with Crippen LogP contribution in [-0.2, 0) is 0 Å². The number of nitrogens with one attached hydrogen (secondary N) is 1. The molecular formula is C14H28N2O. The second kappa shape index (κ2) is 6.87. The fraction of sp³-hybridized carbons (Fsp3) is 0.929. The highest BCUT2D eigenvalue weighted by Gasteiger charge is 2.21. The minimum absolute atomic E-state index is 0.132.